The van der Waals surface area contributed by atoms with Gasteiger partial charge in [0, 0.05) is 17.7 Å². The maximum atomic E-state index is 13.3. The lowest BCUT2D eigenvalue weighted by Gasteiger charge is -2.09. The van der Waals surface area contributed by atoms with E-state index in [0.717, 1.165) is 24.3 Å². The zero-order chi connectivity index (χ0) is 16.8. The first kappa shape index (κ1) is 16.3. The molecule has 0 bridgehead atoms. The highest BCUT2D eigenvalue weighted by Gasteiger charge is 2.06. The molecule has 0 unspecified atom stereocenters. The number of nitrogens with zero attached hydrogens (tertiary/aromatic N) is 2. The van der Waals surface area contributed by atoms with Crippen molar-refractivity contribution in [2.24, 2.45) is 21.7 Å². The Bertz CT molecular complexity index is 738. The molecule has 0 fully saturated rings. The summed E-state index contributed by atoms with van der Waals surface area (Å²) < 4.78 is 45.0. The molecule has 23 heavy (non-hydrogen) atoms. The van der Waals surface area contributed by atoms with E-state index in [1.54, 1.807) is 0 Å². The van der Waals surface area contributed by atoms with Crippen LogP contribution in [0.5, 0.6) is 5.75 Å². The van der Waals surface area contributed by atoms with Gasteiger partial charge in [-0.15, -0.1) is 5.10 Å². The van der Waals surface area contributed by atoms with Crippen LogP contribution in [0.2, 0.25) is 0 Å². The number of benzene rings is 2. The summed E-state index contributed by atoms with van der Waals surface area (Å²) in [5.41, 5.74) is 10.9. The highest BCUT2D eigenvalue weighted by Crippen LogP contribution is 2.20. The van der Waals surface area contributed by atoms with Gasteiger partial charge in [-0.2, -0.15) is 5.10 Å². The van der Waals surface area contributed by atoms with E-state index in [1.165, 1.54) is 18.3 Å². The van der Waals surface area contributed by atoms with Crippen LogP contribution in [0.3, 0.4) is 0 Å². The number of ether oxygens (including phenoxy) is 1. The van der Waals surface area contributed by atoms with Crippen LogP contribution in [0, 0.1) is 17.5 Å². The summed E-state index contributed by atoms with van der Waals surface area (Å²) in [5, 5.41) is 7.02. The average Bonchev–Trinajstić information content (AvgIpc) is 2.45. The molecule has 4 N–H and O–H groups in total. The van der Waals surface area contributed by atoms with Gasteiger partial charge in [-0.3, -0.25) is 0 Å². The molecular weight excluding hydrogens is 309 g/mol. The molecule has 0 aliphatic carbocycles. The monoisotopic (exact) mass is 322 g/mol. The third-order valence-corrected chi connectivity index (χ3v) is 2.66. The fraction of sp³-hybridized carbons (Fsp3) is 0.0667. The van der Waals surface area contributed by atoms with E-state index in [-0.39, 0.29) is 23.9 Å². The first-order chi connectivity index (χ1) is 10.9. The molecule has 0 amide bonds. The van der Waals surface area contributed by atoms with E-state index < -0.39 is 17.5 Å². The van der Waals surface area contributed by atoms with Crippen LogP contribution in [0.4, 0.5) is 13.2 Å². The average molecular weight is 322 g/mol. The number of nitrogens with two attached hydrogens (primary N) is 2. The Morgan fingerprint density at radius 1 is 1.00 bits per heavy atom. The molecule has 0 aliphatic rings. The fourth-order valence-electron chi connectivity index (χ4n) is 1.75. The number of hydrogen-bond donors (Lipinski definition) is 2. The Morgan fingerprint density at radius 2 is 1.70 bits per heavy atom. The molecular formula is C15H13F3N4O. The smallest absolute Gasteiger partial charge is 0.211 e. The Kier molecular flexibility index (Phi) is 5.19. The summed E-state index contributed by atoms with van der Waals surface area (Å²) in [6, 6.07) is 6.71. The van der Waals surface area contributed by atoms with Crippen molar-refractivity contribution in [2.75, 3.05) is 0 Å². The minimum atomic E-state index is -0.725. The predicted octanol–water partition coefficient (Wildman–Crippen LogP) is 2.29. The second kappa shape index (κ2) is 7.30. The summed E-state index contributed by atoms with van der Waals surface area (Å²) in [5.74, 6) is -2.09. The number of rotatable bonds is 5. The van der Waals surface area contributed by atoms with E-state index in [1.807, 2.05) is 0 Å². The molecule has 0 radical (unpaired) electrons. The normalized spacial score (nSPS) is 10.7. The van der Waals surface area contributed by atoms with Gasteiger partial charge in [0.1, 0.15) is 29.8 Å². The van der Waals surface area contributed by atoms with Crippen molar-refractivity contribution >= 4 is 12.2 Å². The summed E-state index contributed by atoms with van der Waals surface area (Å²) in [7, 11) is 0. The van der Waals surface area contributed by atoms with Crippen molar-refractivity contribution in [1.29, 1.82) is 0 Å². The van der Waals surface area contributed by atoms with Crippen molar-refractivity contribution in [3.05, 3.63) is 65.0 Å². The van der Waals surface area contributed by atoms with Gasteiger partial charge < -0.3 is 16.2 Å². The Balaban J connectivity index is 2.19. The van der Waals surface area contributed by atoms with Crippen molar-refractivity contribution in [1.82, 2.24) is 0 Å². The molecule has 2 rings (SSSR count). The molecule has 0 heterocycles. The van der Waals surface area contributed by atoms with Crippen LogP contribution in [0.25, 0.3) is 0 Å². The number of guanidine groups is 1. The summed E-state index contributed by atoms with van der Waals surface area (Å²) in [6.07, 6.45) is 1.26. The summed E-state index contributed by atoms with van der Waals surface area (Å²) in [4.78, 5) is 0. The predicted molar refractivity (Wildman–Crippen MR) is 80.5 cm³/mol. The van der Waals surface area contributed by atoms with Gasteiger partial charge in [0.25, 0.3) is 0 Å². The molecule has 0 atom stereocenters. The minimum absolute atomic E-state index is 0.129. The van der Waals surface area contributed by atoms with Gasteiger partial charge in [-0.05, 0) is 29.8 Å². The van der Waals surface area contributed by atoms with Gasteiger partial charge in [-0.1, -0.05) is 0 Å². The van der Waals surface area contributed by atoms with Crippen LogP contribution in [0.1, 0.15) is 11.1 Å². The van der Waals surface area contributed by atoms with E-state index in [2.05, 4.69) is 10.2 Å². The van der Waals surface area contributed by atoms with E-state index in [4.69, 9.17) is 16.2 Å². The largest absolute Gasteiger partial charge is 0.488 e. The topological polar surface area (TPSA) is 86.0 Å². The SMILES string of the molecule is NC(N)=NN=Cc1ccc(F)cc1OCc1cc(F)cc(F)c1. The maximum Gasteiger partial charge on any atom is 0.211 e. The summed E-state index contributed by atoms with van der Waals surface area (Å²) >= 11 is 0. The van der Waals surface area contributed by atoms with Gasteiger partial charge in [-0.25, -0.2) is 13.2 Å². The molecule has 2 aromatic carbocycles. The second-order valence-corrected chi connectivity index (χ2v) is 4.52. The molecule has 8 heteroatoms. The van der Waals surface area contributed by atoms with Crippen LogP contribution < -0.4 is 16.2 Å². The van der Waals surface area contributed by atoms with E-state index >= 15 is 0 Å². The quantitative estimate of drug-likeness (QED) is 0.503. The third kappa shape index (κ3) is 5.03. The number of hydrogen-bond acceptors (Lipinski definition) is 3. The zero-order valence-corrected chi connectivity index (χ0v) is 11.8. The Morgan fingerprint density at radius 3 is 2.35 bits per heavy atom. The van der Waals surface area contributed by atoms with Crippen LogP contribution >= 0.6 is 0 Å². The maximum absolute atomic E-state index is 13.3. The van der Waals surface area contributed by atoms with E-state index in [0.29, 0.717) is 5.56 Å². The molecule has 0 aliphatic heterocycles. The molecule has 0 saturated heterocycles. The Labute approximate surface area is 130 Å². The lowest BCUT2D eigenvalue weighted by Crippen LogP contribution is -2.21. The van der Waals surface area contributed by atoms with Crippen molar-refractivity contribution in [2.45, 2.75) is 6.61 Å². The zero-order valence-electron chi connectivity index (χ0n) is 11.8. The van der Waals surface area contributed by atoms with Gasteiger partial charge >= 0.3 is 0 Å². The first-order valence-electron chi connectivity index (χ1n) is 6.43. The van der Waals surface area contributed by atoms with Crippen LogP contribution in [0.15, 0.2) is 46.6 Å². The van der Waals surface area contributed by atoms with Crippen molar-refractivity contribution in [3.63, 3.8) is 0 Å². The Hall–Kier alpha value is -3.03. The highest BCUT2D eigenvalue weighted by molar-refractivity contribution is 5.84. The molecule has 0 spiro atoms. The molecule has 5 nitrogen and oxygen atoms in total. The minimum Gasteiger partial charge on any atom is -0.488 e. The van der Waals surface area contributed by atoms with Gasteiger partial charge in [0.05, 0.1) is 6.21 Å². The standard InChI is InChI=1S/C15H13F3N4O/c16-11-2-1-10(7-21-22-15(19)20)14(6-11)23-8-9-3-12(17)5-13(18)4-9/h1-7H,8H2,(H4,19,20,22). The summed E-state index contributed by atoms with van der Waals surface area (Å²) in [6.45, 7) is -0.152. The van der Waals surface area contributed by atoms with Crippen molar-refractivity contribution in [3.8, 4) is 5.75 Å². The molecule has 0 saturated carbocycles. The third-order valence-electron chi connectivity index (χ3n) is 2.66. The molecule has 2 aromatic rings. The van der Waals surface area contributed by atoms with Crippen LogP contribution in [-0.4, -0.2) is 12.2 Å². The first-order valence-corrected chi connectivity index (χ1v) is 6.43. The van der Waals surface area contributed by atoms with Crippen LogP contribution in [-0.2, 0) is 6.61 Å². The lowest BCUT2D eigenvalue weighted by molar-refractivity contribution is 0.302. The van der Waals surface area contributed by atoms with Gasteiger partial charge in [0.2, 0.25) is 5.96 Å². The number of halogens is 3. The fourth-order valence-corrected chi connectivity index (χ4v) is 1.75. The second-order valence-electron chi connectivity index (χ2n) is 4.52. The highest BCUT2D eigenvalue weighted by atomic mass is 19.1. The molecule has 120 valence electrons. The molecule has 0 aromatic heterocycles. The lowest BCUT2D eigenvalue weighted by atomic mass is 10.2. The van der Waals surface area contributed by atoms with E-state index in [9.17, 15) is 13.2 Å². The van der Waals surface area contributed by atoms with Crippen molar-refractivity contribution < 1.29 is 17.9 Å². The van der Waals surface area contributed by atoms with Gasteiger partial charge in [0.15, 0.2) is 0 Å².